The van der Waals surface area contributed by atoms with Crippen LogP contribution in [-0.2, 0) is 4.74 Å². The topological polar surface area (TPSA) is 41.6 Å². The summed E-state index contributed by atoms with van der Waals surface area (Å²) in [6.45, 7) is 16.8. The molecule has 1 heterocycles. The summed E-state index contributed by atoms with van der Waals surface area (Å²) in [6.07, 6.45) is 4.65. The van der Waals surface area contributed by atoms with E-state index in [1.54, 1.807) is 0 Å². The van der Waals surface area contributed by atoms with Gasteiger partial charge in [-0.3, -0.25) is 0 Å². The summed E-state index contributed by atoms with van der Waals surface area (Å²) >= 11 is 0. The molecule has 0 aromatic rings. The number of ether oxygens (including phenoxy) is 1. The van der Waals surface area contributed by atoms with Crippen LogP contribution >= 0.6 is 0 Å². The molecule has 1 aliphatic carbocycles. The van der Waals surface area contributed by atoms with E-state index in [0.29, 0.717) is 23.4 Å². The van der Waals surface area contributed by atoms with E-state index < -0.39 is 5.60 Å². The van der Waals surface area contributed by atoms with Gasteiger partial charge < -0.3 is 15.0 Å². The number of piperidine rings is 1. The molecule has 2 rings (SSSR count). The third kappa shape index (κ3) is 5.37. The van der Waals surface area contributed by atoms with E-state index in [1.165, 1.54) is 19.3 Å². The van der Waals surface area contributed by atoms with Crippen LogP contribution in [0.25, 0.3) is 0 Å². The van der Waals surface area contributed by atoms with Gasteiger partial charge in [0.05, 0.1) is 0 Å². The van der Waals surface area contributed by atoms with Gasteiger partial charge in [-0.25, -0.2) is 4.79 Å². The molecule has 1 saturated heterocycles. The van der Waals surface area contributed by atoms with E-state index in [4.69, 9.17) is 4.74 Å². The van der Waals surface area contributed by atoms with Crippen molar-refractivity contribution >= 4 is 6.09 Å². The average Bonchev–Trinajstić information content (AvgIpc) is 2.69. The zero-order valence-electron chi connectivity index (χ0n) is 16.8. The lowest BCUT2D eigenvalue weighted by Crippen LogP contribution is -2.50. The van der Waals surface area contributed by atoms with Crippen LogP contribution in [0.1, 0.15) is 74.1 Å². The maximum atomic E-state index is 12.3. The van der Waals surface area contributed by atoms with Crippen LogP contribution in [0.15, 0.2) is 0 Å². The second-order valence-corrected chi connectivity index (χ2v) is 9.94. The summed E-state index contributed by atoms with van der Waals surface area (Å²) in [6, 6.07) is 1.04. The molecule has 24 heavy (non-hydrogen) atoms. The number of likely N-dealkylation sites (tertiary alicyclic amines) is 1. The lowest BCUT2D eigenvalue weighted by Gasteiger charge is -2.38. The van der Waals surface area contributed by atoms with Gasteiger partial charge in [0.15, 0.2) is 0 Å². The molecule has 0 aromatic carbocycles. The number of hydrogen-bond acceptors (Lipinski definition) is 3. The predicted octanol–water partition coefficient (Wildman–Crippen LogP) is 4.44. The molecule has 0 spiro atoms. The van der Waals surface area contributed by atoms with Crippen LogP contribution in [0.4, 0.5) is 4.79 Å². The fourth-order valence-electron chi connectivity index (χ4n) is 4.50. The maximum Gasteiger partial charge on any atom is 0.410 e. The zero-order chi connectivity index (χ0) is 18.1. The van der Waals surface area contributed by atoms with Crippen molar-refractivity contribution < 1.29 is 9.53 Å². The van der Waals surface area contributed by atoms with Gasteiger partial charge >= 0.3 is 6.09 Å². The number of rotatable bonds is 3. The predicted molar refractivity (Wildman–Crippen MR) is 99.1 cm³/mol. The van der Waals surface area contributed by atoms with Gasteiger partial charge in [0.1, 0.15) is 5.60 Å². The molecule has 1 N–H and O–H groups in total. The first kappa shape index (κ1) is 19.6. The number of nitrogens with zero attached hydrogens (tertiary/aromatic N) is 1. The Morgan fingerprint density at radius 2 is 1.96 bits per heavy atom. The lowest BCUT2D eigenvalue weighted by molar-refractivity contribution is 0.0145. The van der Waals surface area contributed by atoms with Crippen LogP contribution in [0.2, 0.25) is 0 Å². The summed E-state index contributed by atoms with van der Waals surface area (Å²) in [5.74, 6) is 1.25. The van der Waals surface area contributed by atoms with Gasteiger partial charge in [0.2, 0.25) is 0 Å². The van der Waals surface area contributed by atoms with E-state index in [9.17, 15) is 4.79 Å². The van der Waals surface area contributed by atoms with Crippen LogP contribution in [0.3, 0.4) is 0 Å². The molecule has 1 amide bonds. The first-order valence-electron chi connectivity index (χ1n) is 9.71. The molecule has 1 aliphatic heterocycles. The Morgan fingerprint density at radius 3 is 2.50 bits per heavy atom. The van der Waals surface area contributed by atoms with Crippen molar-refractivity contribution in [3.63, 3.8) is 0 Å². The molecule has 4 nitrogen and oxygen atoms in total. The van der Waals surface area contributed by atoms with Crippen molar-refractivity contribution in [2.24, 2.45) is 17.3 Å². The quantitative estimate of drug-likeness (QED) is 0.827. The SMILES string of the molecule is CC1CC(C)(C)CC1NC(C)C1CCCN(C(=O)OC(C)(C)C)C1. The van der Waals surface area contributed by atoms with Gasteiger partial charge in [-0.05, 0) is 70.6 Å². The highest BCUT2D eigenvalue weighted by molar-refractivity contribution is 5.68. The minimum absolute atomic E-state index is 0.158. The normalized spacial score (nSPS) is 31.8. The van der Waals surface area contributed by atoms with Gasteiger partial charge in [-0.1, -0.05) is 20.8 Å². The van der Waals surface area contributed by atoms with E-state index in [2.05, 4.69) is 33.0 Å². The van der Waals surface area contributed by atoms with Crippen LogP contribution in [0, 0.1) is 17.3 Å². The van der Waals surface area contributed by atoms with E-state index in [0.717, 1.165) is 25.4 Å². The van der Waals surface area contributed by atoms with Crippen molar-refractivity contribution in [2.45, 2.75) is 91.8 Å². The molecule has 4 heteroatoms. The van der Waals surface area contributed by atoms with Crippen molar-refractivity contribution in [3.8, 4) is 0 Å². The van der Waals surface area contributed by atoms with E-state index in [-0.39, 0.29) is 6.09 Å². The standard InChI is InChI=1S/C20H38N2O2/c1-14-11-20(6,7)12-17(14)21-15(2)16-9-8-10-22(13-16)18(23)24-19(3,4)5/h14-17,21H,8-13H2,1-7H3. The molecule has 0 radical (unpaired) electrons. The van der Waals surface area contributed by atoms with Crippen molar-refractivity contribution in [1.82, 2.24) is 10.2 Å². The molecule has 140 valence electrons. The molecule has 2 aliphatic rings. The van der Waals surface area contributed by atoms with Crippen molar-refractivity contribution in [1.29, 1.82) is 0 Å². The highest BCUT2D eigenvalue weighted by Gasteiger charge is 2.38. The zero-order valence-corrected chi connectivity index (χ0v) is 16.8. The summed E-state index contributed by atoms with van der Waals surface area (Å²) in [7, 11) is 0. The summed E-state index contributed by atoms with van der Waals surface area (Å²) in [5.41, 5.74) is 0.0324. The minimum atomic E-state index is -0.418. The third-order valence-corrected chi connectivity index (χ3v) is 5.63. The van der Waals surface area contributed by atoms with E-state index in [1.807, 2.05) is 25.7 Å². The second kappa shape index (κ2) is 7.23. The van der Waals surface area contributed by atoms with Crippen molar-refractivity contribution in [2.75, 3.05) is 13.1 Å². The molecular formula is C20H38N2O2. The smallest absolute Gasteiger partial charge is 0.410 e. The molecule has 4 atom stereocenters. The summed E-state index contributed by atoms with van der Waals surface area (Å²) in [4.78, 5) is 14.2. The molecule has 0 bridgehead atoms. The molecule has 2 fully saturated rings. The Labute approximate surface area is 148 Å². The Morgan fingerprint density at radius 1 is 1.29 bits per heavy atom. The number of carbonyl (C=O) groups excluding carboxylic acids is 1. The monoisotopic (exact) mass is 338 g/mol. The first-order chi connectivity index (χ1) is 11.0. The van der Waals surface area contributed by atoms with Crippen LogP contribution < -0.4 is 5.32 Å². The molecule has 1 saturated carbocycles. The van der Waals surface area contributed by atoms with Gasteiger partial charge in [0, 0.05) is 25.2 Å². The summed E-state index contributed by atoms with van der Waals surface area (Å²) in [5, 5.41) is 3.88. The summed E-state index contributed by atoms with van der Waals surface area (Å²) < 4.78 is 5.55. The number of nitrogens with one attached hydrogen (secondary N) is 1. The Balaban J connectivity index is 1.88. The van der Waals surface area contributed by atoms with Gasteiger partial charge in [-0.2, -0.15) is 0 Å². The number of carbonyl (C=O) groups is 1. The maximum absolute atomic E-state index is 12.3. The number of hydrogen-bond donors (Lipinski definition) is 1. The van der Waals surface area contributed by atoms with Gasteiger partial charge in [-0.15, -0.1) is 0 Å². The average molecular weight is 339 g/mol. The van der Waals surface area contributed by atoms with Crippen LogP contribution in [0.5, 0.6) is 0 Å². The number of amides is 1. The Bertz CT molecular complexity index is 441. The highest BCUT2D eigenvalue weighted by Crippen LogP contribution is 2.41. The highest BCUT2D eigenvalue weighted by atomic mass is 16.6. The minimum Gasteiger partial charge on any atom is -0.444 e. The van der Waals surface area contributed by atoms with Gasteiger partial charge in [0.25, 0.3) is 0 Å². The van der Waals surface area contributed by atoms with E-state index >= 15 is 0 Å². The van der Waals surface area contributed by atoms with Crippen LogP contribution in [-0.4, -0.2) is 41.8 Å². The largest absolute Gasteiger partial charge is 0.444 e. The lowest BCUT2D eigenvalue weighted by atomic mass is 9.90. The first-order valence-corrected chi connectivity index (χ1v) is 9.71. The molecule has 4 unspecified atom stereocenters. The second-order valence-electron chi connectivity index (χ2n) is 9.94. The third-order valence-electron chi connectivity index (χ3n) is 5.63. The molecular weight excluding hydrogens is 300 g/mol. The Kier molecular flexibility index (Phi) is 5.89. The fourth-order valence-corrected chi connectivity index (χ4v) is 4.50. The Hall–Kier alpha value is -0.770. The van der Waals surface area contributed by atoms with Crippen molar-refractivity contribution in [3.05, 3.63) is 0 Å². The molecule has 0 aromatic heterocycles. The fraction of sp³-hybridized carbons (Fsp3) is 0.950.